The zero-order valence-electron chi connectivity index (χ0n) is 15.4. The summed E-state index contributed by atoms with van der Waals surface area (Å²) in [6.45, 7) is 2.17. The van der Waals surface area contributed by atoms with Crippen molar-refractivity contribution in [3.63, 3.8) is 0 Å². The van der Waals surface area contributed by atoms with Crippen molar-refractivity contribution in [2.45, 2.75) is 33.8 Å². The van der Waals surface area contributed by atoms with Gasteiger partial charge in [-0.25, -0.2) is 8.42 Å². The largest absolute Gasteiger partial charge is 0.743 e. The van der Waals surface area contributed by atoms with Crippen molar-refractivity contribution >= 4 is 21.0 Å². The Hall–Kier alpha value is -2.22. The first kappa shape index (κ1) is 22.1. The Balaban J connectivity index is 0.000000300. The lowest BCUT2D eigenvalue weighted by Gasteiger charge is -2.13. The lowest BCUT2D eigenvalue weighted by Crippen LogP contribution is -2.23. The molecule has 0 saturated heterocycles. The minimum atomic E-state index is -5.42. The van der Waals surface area contributed by atoms with E-state index in [2.05, 4.69) is 91.9 Å². The molecular weight excluding hydrogens is 402 g/mol. The van der Waals surface area contributed by atoms with Crippen LogP contribution < -0.4 is 0 Å². The molecule has 0 aliphatic heterocycles. The molecule has 0 saturated carbocycles. The van der Waals surface area contributed by atoms with Crippen LogP contribution in [0.2, 0.25) is 0 Å². The Morgan fingerprint density at radius 1 is 0.750 bits per heavy atom. The van der Waals surface area contributed by atoms with E-state index < -0.39 is 15.4 Å². The van der Waals surface area contributed by atoms with Crippen molar-refractivity contribution < 1.29 is 21.8 Å². The second-order valence-corrected chi connectivity index (χ2v) is 9.66. The molecule has 0 aromatic heterocycles. The number of aryl methyl sites for hydroxylation is 1. The molecule has 3 rings (SSSR count). The minimum Gasteiger partial charge on any atom is -0.743 e. The fourth-order valence-electron chi connectivity index (χ4n) is 2.20. The summed E-state index contributed by atoms with van der Waals surface area (Å²) in [7, 11) is -5.45. The Labute approximate surface area is 167 Å². The Kier molecular flexibility index (Phi) is 7.35. The predicted octanol–water partition coefficient (Wildman–Crippen LogP) is 5.23. The molecular formula is C21H20F2O3S2. The highest BCUT2D eigenvalue weighted by Crippen LogP contribution is 2.30. The molecule has 0 radical (unpaired) electrons. The topological polar surface area (TPSA) is 57.2 Å². The molecule has 3 aromatic carbocycles. The molecule has 0 N–H and O–H groups in total. The normalized spacial score (nSPS) is 11.6. The Morgan fingerprint density at radius 2 is 1.07 bits per heavy atom. The standard InChI is InChI=1S/C19H17S.C2H4F2O3S/c1-16-12-14-19(15-13-16)20(17-8-4-2-5-9-17)18-10-6-3-7-11-18;1-2(3,4)8(5,6)7/h2-15H,1H3;1H3,(H,5,6,7)/q+1;/p-1. The highest BCUT2D eigenvalue weighted by molar-refractivity contribution is 7.97. The molecule has 28 heavy (non-hydrogen) atoms. The molecule has 7 heteroatoms. The zero-order chi connectivity index (χ0) is 20.8. The molecule has 0 atom stereocenters. The van der Waals surface area contributed by atoms with E-state index in [0.29, 0.717) is 0 Å². The molecule has 0 bridgehead atoms. The Bertz CT molecular complexity index is 930. The second kappa shape index (κ2) is 9.32. The van der Waals surface area contributed by atoms with E-state index in [4.69, 9.17) is 0 Å². The van der Waals surface area contributed by atoms with Gasteiger partial charge in [-0.15, -0.1) is 0 Å². The molecule has 0 aliphatic carbocycles. The third-order valence-electron chi connectivity index (χ3n) is 3.65. The maximum atomic E-state index is 11.3. The molecule has 3 aromatic rings. The van der Waals surface area contributed by atoms with Gasteiger partial charge in [0.05, 0.1) is 10.9 Å². The summed E-state index contributed by atoms with van der Waals surface area (Å²) in [4.78, 5) is 4.10. The van der Waals surface area contributed by atoms with E-state index in [9.17, 15) is 21.8 Å². The van der Waals surface area contributed by atoms with Crippen LogP contribution in [-0.4, -0.2) is 18.2 Å². The van der Waals surface area contributed by atoms with Crippen LogP contribution in [-0.2, 0) is 21.0 Å². The third kappa shape index (κ3) is 6.15. The molecule has 0 spiro atoms. The van der Waals surface area contributed by atoms with Crippen molar-refractivity contribution in [1.82, 2.24) is 0 Å². The van der Waals surface area contributed by atoms with Crippen LogP contribution in [0.25, 0.3) is 0 Å². The number of alkyl halides is 2. The molecule has 3 nitrogen and oxygen atoms in total. The van der Waals surface area contributed by atoms with Gasteiger partial charge >= 0.3 is 5.25 Å². The summed E-state index contributed by atoms with van der Waals surface area (Å²) in [6.07, 6.45) is 0. The predicted molar refractivity (Wildman–Crippen MR) is 107 cm³/mol. The van der Waals surface area contributed by atoms with E-state index in [1.807, 2.05) is 0 Å². The van der Waals surface area contributed by atoms with Crippen LogP contribution in [0.5, 0.6) is 0 Å². The number of hydrogen-bond acceptors (Lipinski definition) is 3. The van der Waals surface area contributed by atoms with Gasteiger partial charge < -0.3 is 4.55 Å². The van der Waals surface area contributed by atoms with Gasteiger partial charge in [0.15, 0.2) is 24.8 Å². The number of benzene rings is 3. The molecule has 0 heterocycles. The van der Waals surface area contributed by atoms with Gasteiger partial charge in [0, 0.05) is 6.92 Å². The summed E-state index contributed by atoms with van der Waals surface area (Å²) >= 11 is 0. The van der Waals surface area contributed by atoms with Crippen LogP contribution in [0, 0.1) is 6.92 Å². The van der Waals surface area contributed by atoms with E-state index in [0.717, 1.165) is 0 Å². The van der Waals surface area contributed by atoms with E-state index >= 15 is 0 Å². The van der Waals surface area contributed by atoms with Crippen molar-refractivity contribution in [3.05, 3.63) is 90.5 Å². The molecule has 148 valence electrons. The molecule has 0 unspecified atom stereocenters. The van der Waals surface area contributed by atoms with Crippen molar-refractivity contribution in [2.24, 2.45) is 0 Å². The van der Waals surface area contributed by atoms with Gasteiger partial charge in [-0.05, 0) is 43.3 Å². The van der Waals surface area contributed by atoms with E-state index in [1.165, 1.54) is 20.2 Å². The lowest BCUT2D eigenvalue weighted by molar-refractivity contribution is 0.100. The van der Waals surface area contributed by atoms with Gasteiger partial charge in [0.1, 0.15) is 0 Å². The van der Waals surface area contributed by atoms with Gasteiger partial charge in [-0.3, -0.25) is 0 Å². The van der Waals surface area contributed by atoms with E-state index in [1.54, 1.807) is 0 Å². The van der Waals surface area contributed by atoms with Crippen molar-refractivity contribution in [1.29, 1.82) is 0 Å². The van der Waals surface area contributed by atoms with Crippen molar-refractivity contribution in [3.8, 4) is 0 Å². The highest BCUT2D eigenvalue weighted by atomic mass is 32.2. The first-order chi connectivity index (χ1) is 13.1. The first-order valence-electron chi connectivity index (χ1n) is 8.34. The first-order valence-corrected chi connectivity index (χ1v) is 11.0. The minimum absolute atomic E-state index is 0.0229. The zero-order valence-corrected chi connectivity index (χ0v) is 17.0. The maximum Gasteiger partial charge on any atom is 0.331 e. The van der Waals surface area contributed by atoms with Gasteiger partial charge in [-0.2, -0.15) is 8.78 Å². The molecule has 0 fully saturated rings. The summed E-state index contributed by atoms with van der Waals surface area (Å²) < 4.78 is 50.7. The third-order valence-corrected chi connectivity index (χ3v) is 6.76. The molecule has 0 aliphatic rings. The van der Waals surface area contributed by atoms with Gasteiger partial charge in [-0.1, -0.05) is 54.1 Å². The van der Waals surface area contributed by atoms with Crippen molar-refractivity contribution in [2.75, 3.05) is 0 Å². The van der Waals surface area contributed by atoms with Crippen LogP contribution in [0.3, 0.4) is 0 Å². The highest BCUT2D eigenvalue weighted by Gasteiger charge is 2.30. The smallest absolute Gasteiger partial charge is 0.331 e. The summed E-state index contributed by atoms with van der Waals surface area (Å²) in [5, 5.41) is -4.15. The average Bonchev–Trinajstić information content (AvgIpc) is 2.64. The Morgan fingerprint density at radius 3 is 1.39 bits per heavy atom. The average molecular weight is 423 g/mol. The summed E-state index contributed by atoms with van der Waals surface area (Å²) in [5.41, 5.74) is 1.30. The van der Waals surface area contributed by atoms with Gasteiger partial charge in [0.25, 0.3) is 0 Å². The number of halogens is 2. The quantitative estimate of drug-likeness (QED) is 0.427. The van der Waals surface area contributed by atoms with Crippen LogP contribution in [0.1, 0.15) is 12.5 Å². The molecule has 0 amide bonds. The van der Waals surface area contributed by atoms with Crippen LogP contribution in [0.15, 0.2) is 99.6 Å². The van der Waals surface area contributed by atoms with E-state index in [-0.39, 0.29) is 17.8 Å². The monoisotopic (exact) mass is 422 g/mol. The SMILES string of the molecule is CC(F)(F)S(=O)(=O)[O-].Cc1ccc([S+](c2ccccc2)c2ccccc2)cc1. The second-order valence-electron chi connectivity index (χ2n) is 6.01. The number of hydrogen-bond donors (Lipinski definition) is 0. The van der Waals surface area contributed by atoms with Crippen LogP contribution >= 0.6 is 0 Å². The number of rotatable bonds is 4. The van der Waals surface area contributed by atoms with Gasteiger partial charge in [0.2, 0.25) is 0 Å². The van der Waals surface area contributed by atoms with Crippen LogP contribution in [0.4, 0.5) is 8.78 Å². The lowest BCUT2D eigenvalue weighted by atomic mass is 10.2. The summed E-state index contributed by atoms with van der Waals surface area (Å²) in [6, 6.07) is 30.4. The fourth-order valence-corrected chi connectivity index (χ4v) is 4.28. The maximum absolute atomic E-state index is 11.3. The fraction of sp³-hybridized carbons (Fsp3) is 0.143. The summed E-state index contributed by atoms with van der Waals surface area (Å²) in [5.74, 6) is 0.